The highest BCUT2D eigenvalue weighted by atomic mass is 16.3. The maximum Gasteiger partial charge on any atom is 0.135 e. The van der Waals surface area contributed by atoms with E-state index in [2.05, 4.69) is 22.3 Å². The molecule has 0 atom stereocenters. The Morgan fingerprint density at radius 2 is 1.70 bits per heavy atom. The summed E-state index contributed by atoms with van der Waals surface area (Å²) in [5.41, 5.74) is 2.94. The van der Waals surface area contributed by atoms with Crippen LogP contribution in [-0.2, 0) is 0 Å². The molecule has 2 aromatic heterocycles. The number of para-hydroxylation sites is 1. The number of nitrogens with zero attached hydrogens (tertiary/aromatic N) is 3. The van der Waals surface area contributed by atoms with Crippen LogP contribution in [0.5, 0.6) is 0 Å². The van der Waals surface area contributed by atoms with Crippen LogP contribution in [0.15, 0.2) is 71.7 Å². The molecular weight excluding hydrogens is 250 g/mol. The second kappa shape index (κ2) is 4.35. The van der Waals surface area contributed by atoms with Gasteiger partial charge in [0.1, 0.15) is 24.0 Å². The van der Waals surface area contributed by atoms with E-state index in [1.807, 2.05) is 47.0 Å². The molecule has 4 heteroatoms. The molecule has 0 unspecified atom stereocenters. The maximum absolute atomic E-state index is 5.89. The van der Waals surface area contributed by atoms with E-state index < -0.39 is 0 Å². The highest BCUT2D eigenvalue weighted by Gasteiger charge is 2.07. The molecule has 0 amide bonds. The van der Waals surface area contributed by atoms with E-state index in [0.29, 0.717) is 0 Å². The van der Waals surface area contributed by atoms with Crippen LogP contribution in [0.4, 0.5) is 0 Å². The van der Waals surface area contributed by atoms with Crippen LogP contribution in [0.25, 0.3) is 28.0 Å². The van der Waals surface area contributed by atoms with E-state index in [1.165, 1.54) is 0 Å². The fourth-order valence-electron chi connectivity index (χ4n) is 2.28. The smallest absolute Gasteiger partial charge is 0.135 e. The molecule has 0 aliphatic heterocycles. The average Bonchev–Trinajstić information content (AvgIpc) is 3.16. The molecule has 0 fully saturated rings. The maximum atomic E-state index is 5.89. The summed E-state index contributed by atoms with van der Waals surface area (Å²) in [5, 5.41) is 8.76. The van der Waals surface area contributed by atoms with E-state index in [0.717, 1.165) is 28.0 Å². The predicted molar refractivity (Wildman–Crippen MR) is 76.6 cm³/mol. The number of fused-ring (bicyclic) bond motifs is 1. The Bertz CT molecular complexity index is 829. The normalized spacial score (nSPS) is 11.0. The Hall–Kier alpha value is -2.88. The Labute approximate surface area is 115 Å². The first-order chi connectivity index (χ1) is 9.90. The third-order valence-electron chi connectivity index (χ3n) is 3.27. The zero-order chi connectivity index (χ0) is 13.4. The molecule has 0 aliphatic rings. The highest BCUT2D eigenvalue weighted by Crippen LogP contribution is 2.28. The van der Waals surface area contributed by atoms with E-state index >= 15 is 0 Å². The fraction of sp³-hybridized carbons (Fsp3) is 0. The lowest BCUT2D eigenvalue weighted by molar-refractivity contribution is 0.631. The minimum absolute atomic E-state index is 0.862. The van der Waals surface area contributed by atoms with Gasteiger partial charge in [-0.25, -0.2) is 0 Å². The van der Waals surface area contributed by atoms with Crippen molar-refractivity contribution in [3.63, 3.8) is 0 Å². The summed E-state index contributed by atoms with van der Waals surface area (Å²) in [4.78, 5) is 0. The summed E-state index contributed by atoms with van der Waals surface area (Å²) in [6.07, 6.45) is 3.36. The average molecular weight is 261 g/mol. The van der Waals surface area contributed by atoms with Crippen molar-refractivity contribution in [2.24, 2.45) is 0 Å². The van der Waals surface area contributed by atoms with Crippen LogP contribution in [0.3, 0.4) is 0 Å². The van der Waals surface area contributed by atoms with Gasteiger partial charge in [0.2, 0.25) is 0 Å². The number of furan rings is 1. The first-order valence-electron chi connectivity index (χ1n) is 6.34. The number of rotatable bonds is 2. The number of hydrogen-bond acceptors (Lipinski definition) is 3. The van der Waals surface area contributed by atoms with Crippen molar-refractivity contribution in [2.75, 3.05) is 0 Å². The third-order valence-corrected chi connectivity index (χ3v) is 3.27. The predicted octanol–water partition coefficient (Wildman–Crippen LogP) is 3.68. The van der Waals surface area contributed by atoms with Crippen molar-refractivity contribution in [3.8, 4) is 17.0 Å². The van der Waals surface area contributed by atoms with Gasteiger partial charge in [-0.15, -0.1) is 10.2 Å². The van der Waals surface area contributed by atoms with Gasteiger partial charge < -0.3 is 4.42 Å². The zero-order valence-electron chi connectivity index (χ0n) is 10.6. The van der Waals surface area contributed by atoms with Crippen molar-refractivity contribution in [3.05, 3.63) is 67.3 Å². The zero-order valence-corrected chi connectivity index (χ0v) is 10.6. The largest absolute Gasteiger partial charge is 0.456 e. The van der Waals surface area contributed by atoms with Crippen LogP contribution >= 0.6 is 0 Å². The lowest BCUT2D eigenvalue weighted by Gasteiger charge is -2.03. The minimum Gasteiger partial charge on any atom is -0.456 e. The Balaban J connectivity index is 1.84. The summed E-state index contributed by atoms with van der Waals surface area (Å²) >= 11 is 0. The van der Waals surface area contributed by atoms with Gasteiger partial charge in [-0.05, 0) is 24.3 Å². The summed E-state index contributed by atoms with van der Waals surface area (Å²) < 4.78 is 7.75. The van der Waals surface area contributed by atoms with Crippen molar-refractivity contribution >= 4 is 11.0 Å². The molecule has 0 bridgehead atoms. The third kappa shape index (κ3) is 1.78. The second-order valence-corrected chi connectivity index (χ2v) is 4.57. The number of hydrogen-bond donors (Lipinski definition) is 0. The lowest BCUT2D eigenvalue weighted by Crippen LogP contribution is -1.89. The molecule has 0 saturated carbocycles. The van der Waals surface area contributed by atoms with Crippen molar-refractivity contribution in [1.29, 1.82) is 0 Å². The lowest BCUT2D eigenvalue weighted by atomic mass is 10.1. The van der Waals surface area contributed by atoms with Crippen LogP contribution in [0.2, 0.25) is 0 Å². The molecule has 0 N–H and O–H groups in total. The quantitative estimate of drug-likeness (QED) is 0.553. The van der Waals surface area contributed by atoms with Gasteiger partial charge in [-0.1, -0.05) is 30.3 Å². The van der Waals surface area contributed by atoms with Gasteiger partial charge in [0.15, 0.2) is 0 Å². The van der Waals surface area contributed by atoms with E-state index in [-0.39, 0.29) is 0 Å². The monoisotopic (exact) mass is 261 g/mol. The summed E-state index contributed by atoms with van der Waals surface area (Å²) in [7, 11) is 0. The first kappa shape index (κ1) is 11.0. The molecule has 20 heavy (non-hydrogen) atoms. The molecule has 0 saturated heterocycles. The van der Waals surface area contributed by atoms with E-state index in [1.54, 1.807) is 12.7 Å². The summed E-state index contributed by atoms with van der Waals surface area (Å²) in [6, 6.07) is 18.2. The minimum atomic E-state index is 0.862. The first-order valence-corrected chi connectivity index (χ1v) is 6.34. The van der Waals surface area contributed by atoms with Gasteiger partial charge in [-0.3, -0.25) is 4.57 Å². The molecule has 4 aromatic rings. The Morgan fingerprint density at radius 1 is 0.850 bits per heavy atom. The molecule has 4 nitrogen and oxygen atoms in total. The Kier molecular flexibility index (Phi) is 2.39. The number of aromatic nitrogens is 3. The molecule has 96 valence electrons. The van der Waals surface area contributed by atoms with Gasteiger partial charge >= 0.3 is 0 Å². The van der Waals surface area contributed by atoms with Crippen LogP contribution in [0, 0.1) is 0 Å². The molecule has 4 rings (SSSR count). The second-order valence-electron chi connectivity index (χ2n) is 4.57. The molecule has 0 radical (unpaired) electrons. The molecular formula is C16H11N3O. The molecule has 2 heterocycles. The van der Waals surface area contributed by atoms with E-state index in [4.69, 9.17) is 4.42 Å². The van der Waals surface area contributed by atoms with Gasteiger partial charge in [-0.2, -0.15) is 0 Å². The van der Waals surface area contributed by atoms with Crippen molar-refractivity contribution in [1.82, 2.24) is 14.8 Å². The molecule has 0 aliphatic carbocycles. The van der Waals surface area contributed by atoms with Crippen LogP contribution in [0.1, 0.15) is 0 Å². The Morgan fingerprint density at radius 3 is 2.55 bits per heavy atom. The SMILES string of the molecule is c1cc(-c2cc3ccccc3o2)cc(-n2cnnc2)c1. The molecule has 0 spiro atoms. The fourth-order valence-corrected chi connectivity index (χ4v) is 2.28. The summed E-state index contributed by atoms with van der Waals surface area (Å²) in [6.45, 7) is 0. The van der Waals surface area contributed by atoms with E-state index in [9.17, 15) is 0 Å². The van der Waals surface area contributed by atoms with Crippen LogP contribution < -0.4 is 0 Å². The van der Waals surface area contributed by atoms with Crippen molar-refractivity contribution in [2.45, 2.75) is 0 Å². The van der Waals surface area contributed by atoms with Gasteiger partial charge in [0.25, 0.3) is 0 Å². The topological polar surface area (TPSA) is 43.9 Å². The molecule has 2 aromatic carbocycles. The highest BCUT2D eigenvalue weighted by molar-refractivity contribution is 5.82. The number of benzene rings is 2. The van der Waals surface area contributed by atoms with Crippen molar-refractivity contribution < 1.29 is 4.42 Å². The van der Waals surface area contributed by atoms with Crippen LogP contribution in [-0.4, -0.2) is 14.8 Å². The standard InChI is InChI=1S/C16H11N3O/c1-2-7-15-13(4-1)9-16(20-15)12-5-3-6-14(8-12)19-10-17-18-11-19/h1-11H. The summed E-state index contributed by atoms with van der Waals surface area (Å²) in [5.74, 6) is 0.862. The van der Waals surface area contributed by atoms with Gasteiger partial charge in [0, 0.05) is 16.6 Å². The van der Waals surface area contributed by atoms with Gasteiger partial charge in [0.05, 0.1) is 0 Å².